The Morgan fingerprint density at radius 2 is 2.00 bits per heavy atom. The third-order valence-corrected chi connectivity index (χ3v) is 1.26. The summed E-state index contributed by atoms with van der Waals surface area (Å²) in [6.45, 7) is -0.246. The Bertz CT molecular complexity index is 188. The summed E-state index contributed by atoms with van der Waals surface area (Å²) < 4.78 is 0. The number of hydrogen-bond acceptors (Lipinski definition) is 3. The topological polar surface area (TPSA) is 53.4 Å². The third kappa shape index (κ3) is 1.52. The first-order chi connectivity index (χ1) is 4.84. The van der Waals surface area contributed by atoms with Crippen LogP contribution in [0.15, 0.2) is 24.5 Å². The highest BCUT2D eigenvalue weighted by molar-refractivity contribution is 5.12. The number of nitrogens with zero attached hydrogens (tertiary/aromatic N) is 1. The molecule has 1 aromatic heterocycles. The SMILES string of the molecule is OCC(O)c1ccncc1. The fourth-order valence-corrected chi connectivity index (χ4v) is 0.691. The Balaban J connectivity index is 2.75. The summed E-state index contributed by atoms with van der Waals surface area (Å²) in [7, 11) is 0. The number of aliphatic hydroxyl groups is 2. The Labute approximate surface area is 59.0 Å². The van der Waals surface area contributed by atoms with Gasteiger partial charge in [0.15, 0.2) is 0 Å². The minimum atomic E-state index is -0.775. The molecule has 2 N–H and O–H groups in total. The molecule has 1 aromatic rings. The van der Waals surface area contributed by atoms with E-state index in [1.54, 1.807) is 24.5 Å². The van der Waals surface area contributed by atoms with Crippen molar-refractivity contribution in [2.75, 3.05) is 6.61 Å². The van der Waals surface area contributed by atoms with Crippen molar-refractivity contribution in [3.8, 4) is 0 Å². The molecule has 0 amide bonds. The summed E-state index contributed by atoms with van der Waals surface area (Å²) in [6.07, 6.45) is 2.38. The number of pyridine rings is 1. The van der Waals surface area contributed by atoms with Crippen molar-refractivity contribution in [3.05, 3.63) is 30.1 Å². The van der Waals surface area contributed by atoms with E-state index in [1.807, 2.05) is 0 Å². The van der Waals surface area contributed by atoms with Gasteiger partial charge in [-0.2, -0.15) is 0 Å². The van der Waals surface area contributed by atoms with Gasteiger partial charge in [-0.25, -0.2) is 0 Å². The molecule has 1 rings (SSSR count). The molecule has 0 radical (unpaired) electrons. The van der Waals surface area contributed by atoms with Gasteiger partial charge in [0.25, 0.3) is 0 Å². The molecule has 0 aliphatic rings. The molecular weight excluding hydrogens is 130 g/mol. The molecule has 1 unspecified atom stereocenters. The van der Waals surface area contributed by atoms with E-state index in [1.165, 1.54) is 0 Å². The lowest BCUT2D eigenvalue weighted by Crippen LogP contribution is -2.01. The van der Waals surface area contributed by atoms with Crippen molar-refractivity contribution in [3.63, 3.8) is 0 Å². The molecule has 0 aliphatic carbocycles. The zero-order chi connectivity index (χ0) is 7.40. The molecule has 1 heterocycles. The molecule has 3 heteroatoms. The summed E-state index contributed by atoms with van der Waals surface area (Å²) in [5.41, 5.74) is 0.692. The average molecular weight is 139 g/mol. The smallest absolute Gasteiger partial charge is 0.102 e. The first-order valence-electron chi connectivity index (χ1n) is 3.03. The van der Waals surface area contributed by atoms with E-state index in [0.29, 0.717) is 5.56 Å². The van der Waals surface area contributed by atoms with E-state index in [4.69, 9.17) is 10.2 Å². The lowest BCUT2D eigenvalue weighted by Gasteiger charge is -2.04. The number of aromatic nitrogens is 1. The standard InChI is InChI=1S/C7H9NO2/c9-5-7(10)6-1-3-8-4-2-6/h1-4,7,9-10H,5H2. The van der Waals surface area contributed by atoms with Crippen LogP contribution in [0, 0.1) is 0 Å². The van der Waals surface area contributed by atoms with Crippen LogP contribution in [0.4, 0.5) is 0 Å². The van der Waals surface area contributed by atoms with Crippen LogP contribution in [-0.4, -0.2) is 21.8 Å². The minimum absolute atomic E-state index is 0.246. The second kappa shape index (κ2) is 3.29. The maximum atomic E-state index is 9.05. The summed E-state index contributed by atoms with van der Waals surface area (Å²) in [6, 6.07) is 3.34. The Morgan fingerprint density at radius 3 is 2.50 bits per heavy atom. The van der Waals surface area contributed by atoms with E-state index in [-0.39, 0.29) is 6.61 Å². The molecule has 3 nitrogen and oxygen atoms in total. The zero-order valence-electron chi connectivity index (χ0n) is 5.44. The van der Waals surface area contributed by atoms with Crippen LogP contribution in [0.5, 0.6) is 0 Å². The van der Waals surface area contributed by atoms with Crippen molar-refractivity contribution >= 4 is 0 Å². The van der Waals surface area contributed by atoms with Crippen molar-refractivity contribution in [1.29, 1.82) is 0 Å². The van der Waals surface area contributed by atoms with Gasteiger partial charge in [0.05, 0.1) is 6.61 Å². The van der Waals surface area contributed by atoms with Crippen molar-refractivity contribution in [2.24, 2.45) is 0 Å². The first-order valence-corrected chi connectivity index (χ1v) is 3.03. The maximum Gasteiger partial charge on any atom is 0.102 e. The highest BCUT2D eigenvalue weighted by Gasteiger charge is 2.02. The summed E-state index contributed by atoms with van der Waals surface area (Å²) >= 11 is 0. The Morgan fingerprint density at radius 1 is 1.40 bits per heavy atom. The van der Waals surface area contributed by atoms with Crippen LogP contribution in [0.1, 0.15) is 11.7 Å². The number of rotatable bonds is 2. The molecule has 54 valence electrons. The molecule has 0 spiro atoms. The second-order valence-corrected chi connectivity index (χ2v) is 1.98. The lowest BCUT2D eigenvalue weighted by molar-refractivity contribution is 0.0955. The molecule has 0 saturated heterocycles. The van der Waals surface area contributed by atoms with E-state index in [2.05, 4.69) is 4.98 Å². The van der Waals surface area contributed by atoms with Crippen LogP contribution in [0.25, 0.3) is 0 Å². The fourth-order valence-electron chi connectivity index (χ4n) is 0.691. The highest BCUT2D eigenvalue weighted by Crippen LogP contribution is 2.08. The monoisotopic (exact) mass is 139 g/mol. The Kier molecular flexibility index (Phi) is 2.36. The summed E-state index contributed by atoms with van der Waals surface area (Å²) in [5, 5.41) is 17.6. The predicted molar refractivity (Wildman–Crippen MR) is 36.3 cm³/mol. The highest BCUT2D eigenvalue weighted by atomic mass is 16.3. The fraction of sp³-hybridized carbons (Fsp3) is 0.286. The molecular formula is C7H9NO2. The summed E-state index contributed by atoms with van der Waals surface area (Å²) in [4.78, 5) is 3.77. The largest absolute Gasteiger partial charge is 0.393 e. The van der Waals surface area contributed by atoms with Crippen LogP contribution in [-0.2, 0) is 0 Å². The normalized spacial score (nSPS) is 13.0. The van der Waals surface area contributed by atoms with Crippen molar-refractivity contribution < 1.29 is 10.2 Å². The van der Waals surface area contributed by atoms with E-state index in [0.717, 1.165) is 0 Å². The number of aliphatic hydroxyl groups excluding tert-OH is 2. The van der Waals surface area contributed by atoms with Crippen LogP contribution in [0.2, 0.25) is 0 Å². The van der Waals surface area contributed by atoms with Gasteiger partial charge in [0.2, 0.25) is 0 Å². The molecule has 10 heavy (non-hydrogen) atoms. The maximum absolute atomic E-state index is 9.05. The van der Waals surface area contributed by atoms with E-state index in [9.17, 15) is 0 Å². The van der Waals surface area contributed by atoms with Gasteiger partial charge >= 0.3 is 0 Å². The van der Waals surface area contributed by atoms with Gasteiger partial charge in [-0.1, -0.05) is 0 Å². The molecule has 0 saturated carbocycles. The minimum Gasteiger partial charge on any atom is -0.393 e. The molecule has 1 atom stereocenters. The van der Waals surface area contributed by atoms with Crippen LogP contribution >= 0.6 is 0 Å². The molecule has 0 bridgehead atoms. The van der Waals surface area contributed by atoms with Gasteiger partial charge < -0.3 is 10.2 Å². The van der Waals surface area contributed by atoms with E-state index >= 15 is 0 Å². The molecule has 0 aliphatic heterocycles. The zero-order valence-corrected chi connectivity index (χ0v) is 5.44. The first kappa shape index (κ1) is 7.18. The molecule has 0 fully saturated rings. The lowest BCUT2D eigenvalue weighted by atomic mass is 10.2. The third-order valence-electron chi connectivity index (χ3n) is 1.26. The van der Waals surface area contributed by atoms with Gasteiger partial charge in [-0.15, -0.1) is 0 Å². The molecule has 0 aromatic carbocycles. The van der Waals surface area contributed by atoms with Gasteiger partial charge in [0, 0.05) is 12.4 Å². The van der Waals surface area contributed by atoms with Gasteiger partial charge in [0.1, 0.15) is 6.10 Å². The van der Waals surface area contributed by atoms with Crippen molar-refractivity contribution in [2.45, 2.75) is 6.10 Å². The Hall–Kier alpha value is -0.930. The van der Waals surface area contributed by atoms with Crippen LogP contribution < -0.4 is 0 Å². The van der Waals surface area contributed by atoms with Gasteiger partial charge in [-0.05, 0) is 17.7 Å². The van der Waals surface area contributed by atoms with Crippen molar-refractivity contribution in [1.82, 2.24) is 4.98 Å². The predicted octanol–water partition coefficient (Wildman–Crippen LogP) is 0.107. The van der Waals surface area contributed by atoms with E-state index < -0.39 is 6.10 Å². The second-order valence-electron chi connectivity index (χ2n) is 1.98. The quantitative estimate of drug-likeness (QED) is 0.611. The average Bonchev–Trinajstić information content (AvgIpc) is 2.05. The van der Waals surface area contributed by atoms with Crippen LogP contribution in [0.3, 0.4) is 0 Å². The van der Waals surface area contributed by atoms with Gasteiger partial charge in [-0.3, -0.25) is 4.98 Å². The summed E-state index contributed by atoms with van der Waals surface area (Å²) in [5.74, 6) is 0. The number of hydrogen-bond donors (Lipinski definition) is 2.